The number of alkyl halides is 1. The summed E-state index contributed by atoms with van der Waals surface area (Å²) < 4.78 is 0. The number of hydrogen-bond donors (Lipinski definition) is 0. The molecule has 0 aromatic heterocycles. The maximum Gasteiger partial charge on any atom is 0.269 e. The van der Waals surface area contributed by atoms with Crippen LogP contribution >= 0.6 is 15.9 Å². The molecule has 1 aromatic carbocycles. The Morgan fingerprint density at radius 3 is 2.79 bits per heavy atom. The van der Waals surface area contributed by atoms with Crippen LogP contribution in [0.4, 0.5) is 5.69 Å². The first kappa shape index (κ1) is 10.7. The van der Waals surface area contributed by atoms with Gasteiger partial charge in [-0.15, -0.1) is 0 Å². The van der Waals surface area contributed by atoms with E-state index >= 15 is 0 Å². The Balaban J connectivity index is 3.15. The smallest absolute Gasteiger partial charge is 0.258 e. The largest absolute Gasteiger partial charge is 0.269 e. The first-order valence-electron chi connectivity index (χ1n) is 3.92. The highest BCUT2D eigenvalue weighted by Gasteiger charge is 2.09. The number of halogens is 1. The molecule has 0 heterocycles. The Bertz CT molecular complexity index is 398. The van der Waals surface area contributed by atoms with Crippen molar-refractivity contribution in [3.8, 4) is 6.07 Å². The highest BCUT2D eigenvalue weighted by molar-refractivity contribution is 9.09. The zero-order valence-electron chi connectivity index (χ0n) is 7.24. The lowest BCUT2D eigenvalue weighted by atomic mass is 10.1. The number of nitro groups is 1. The van der Waals surface area contributed by atoms with Crippen LogP contribution in [0.1, 0.15) is 11.1 Å². The average molecular weight is 255 g/mol. The summed E-state index contributed by atoms with van der Waals surface area (Å²) in [6.45, 7) is 0. The maximum absolute atomic E-state index is 10.5. The zero-order valence-corrected chi connectivity index (χ0v) is 8.82. The van der Waals surface area contributed by atoms with Gasteiger partial charge in [0, 0.05) is 17.5 Å². The molecule has 0 aliphatic carbocycles. The number of nitrogens with zero attached hydrogens (tertiary/aromatic N) is 2. The summed E-state index contributed by atoms with van der Waals surface area (Å²) in [6.07, 6.45) is 0.616. The van der Waals surface area contributed by atoms with Gasteiger partial charge in [0.05, 0.1) is 16.6 Å². The van der Waals surface area contributed by atoms with E-state index in [-0.39, 0.29) is 5.69 Å². The number of rotatable bonds is 3. The molecule has 0 N–H and O–H groups in total. The Kier molecular flexibility index (Phi) is 3.60. The normalized spacial score (nSPS) is 9.43. The van der Waals surface area contributed by atoms with E-state index in [2.05, 4.69) is 15.9 Å². The lowest BCUT2D eigenvalue weighted by molar-refractivity contribution is -0.384. The van der Waals surface area contributed by atoms with Crippen LogP contribution in [0.2, 0.25) is 0 Å². The molecule has 0 bridgehead atoms. The van der Waals surface area contributed by atoms with Gasteiger partial charge in [-0.2, -0.15) is 5.26 Å². The van der Waals surface area contributed by atoms with Gasteiger partial charge in [-0.25, -0.2) is 0 Å². The van der Waals surface area contributed by atoms with E-state index in [4.69, 9.17) is 5.26 Å². The second-order valence-corrected chi connectivity index (χ2v) is 3.44. The van der Waals surface area contributed by atoms with Crippen LogP contribution in [-0.4, -0.2) is 10.3 Å². The molecule has 0 atom stereocenters. The van der Waals surface area contributed by atoms with Crippen LogP contribution in [0.5, 0.6) is 0 Å². The number of hydrogen-bond acceptors (Lipinski definition) is 3. The molecule has 0 aliphatic heterocycles. The predicted octanol–water partition coefficient (Wildman–Crippen LogP) is 2.40. The summed E-state index contributed by atoms with van der Waals surface area (Å²) in [5.74, 6) is 0. The molecular weight excluding hydrogens is 248 g/mol. The van der Waals surface area contributed by atoms with Crippen molar-refractivity contribution >= 4 is 21.6 Å². The first-order valence-corrected chi connectivity index (χ1v) is 5.04. The van der Waals surface area contributed by atoms with Crippen molar-refractivity contribution in [1.29, 1.82) is 5.26 Å². The molecule has 0 amide bonds. The number of benzene rings is 1. The van der Waals surface area contributed by atoms with Crippen LogP contribution in [0.3, 0.4) is 0 Å². The molecule has 1 aromatic rings. The monoisotopic (exact) mass is 254 g/mol. The van der Waals surface area contributed by atoms with Crippen LogP contribution in [0.15, 0.2) is 18.2 Å². The third kappa shape index (κ3) is 2.30. The van der Waals surface area contributed by atoms with Gasteiger partial charge in [-0.3, -0.25) is 10.1 Å². The van der Waals surface area contributed by atoms with Gasteiger partial charge in [0.25, 0.3) is 5.69 Å². The summed E-state index contributed by atoms with van der Waals surface area (Å²) in [5, 5.41) is 19.9. The third-order valence-electron chi connectivity index (χ3n) is 1.78. The summed E-state index contributed by atoms with van der Waals surface area (Å²) in [5.41, 5.74) is 1.23. The standard InChI is InChI=1S/C9H7BrN2O2/c10-4-3-7-5-9(12(13)14)2-1-8(7)6-11/h1-2,5H,3-4H2. The van der Waals surface area contributed by atoms with Crippen molar-refractivity contribution in [3.63, 3.8) is 0 Å². The highest BCUT2D eigenvalue weighted by Crippen LogP contribution is 2.18. The van der Waals surface area contributed by atoms with E-state index in [1.807, 2.05) is 6.07 Å². The zero-order chi connectivity index (χ0) is 10.6. The molecule has 0 saturated heterocycles. The van der Waals surface area contributed by atoms with Crippen LogP contribution in [-0.2, 0) is 6.42 Å². The van der Waals surface area contributed by atoms with Crippen molar-refractivity contribution in [2.75, 3.05) is 5.33 Å². The minimum Gasteiger partial charge on any atom is -0.258 e. The summed E-state index contributed by atoms with van der Waals surface area (Å²) >= 11 is 3.23. The van der Waals surface area contributed by atoms with Crippen LogP contribution in [0.25, 0.3) is 0 Å². The van der Waals surface area contributed by atoms with Crippen molar-refractivity contribution in [1.82, 2.24) is 0 Å². The Morgan fingerprint density at radius 1 is 1.57 bits per heavy atom. The second kappa shape index (κ2) is 4.72. The van der Waals surface area contributed by atoms with Gasteiger partial charge < -0.3 is 0 Å². The highest BCUT2D eigenvalue weighted by atomic mass is 79.9. The van der Waals surface area contributed by atoms with E-state index in [9.17, 15) is 10.1 Å². The molecule has 1 rings (SSSR count). The van der Waals surface area contributed by atoms with E-state index in [1.54, 1.807) is 0 Å². The Morgan fingerprint density at radius 2 is 2.29 bits per heavy atom. The molecule has 0 saturated carbocycles. The molecule has 0 unspecified atom stereocenters. The lowest BCUT2D eigenvalue weighted by Gasteiger charge is -2.00. The number of non-ortho nitro benzene ring substituents is 1. The van der Waals surface area contributed by atoms with Gasteiger partial charge in [0.2, 0.25) is 0 Å². The SMILES string of the molecule is N#Cc1ccc([N+](=O)[O-])cc1CCBr. The minimum absolute atomic E-state index is 0.0277. The molecule has 0 fully saturated rings. The van der Waals surface area contributed by atoms with Gasteiger partial charge >= 0.3 is 0 Å². The number of aryl methyl sites for hydroxylation is 1. The molecule has 14 heavy (non-hydrogen) atoms. The van der Waals surface area contributed by atoms with Gasteiger partial charge in [0.15, 0.2) is 0 Å². The summed E-state index contributed by atoms with van der Waals surface area (Å²) in [7, 11) is 0. The summed E-state index contributed by atoms with van der Waals surface area (Å²) in [4.78, 5) is 10.0. The molecule has 5 heteroatoms. The van der Waals surface area contributed by atoms with Crippen molar-refractivity contribution in [2.45, 2.75) is 6.42 Å². The van der Waals surface area contributed by atoms with Crippen molar-refractivity contribution in [3.05, 3.63) is 39.4 Å². The van der Waals surface area contributed by atoms with E-state index in [0.717, 1.165) is 0 Å². The van der Waals surface area contributed by atoms with Crippen molar-refractivity contribution in [2.24, 2.45) is 0 Å². The second-order valence-electron chi connectivity index (χ2n) is 2.65. The Labute approximate surface area is 89.4 Å². The van der Waals surface area contributed by atoms with Gasteiger partial charge in [-0.05, 0) is 18.1 Å². The molecule has 0 spiro atoms. The first-order chi connectivity index (χ1) is 6.69. The molecule has 4 nitrogen and oxygen atoms in total. The molecule has 72 valence electrons. The number of nitro benzene ring substituents is 1. The fourth-order valence-electron chi connectivity index (χ4n) is 1.11. The maximum atomic E-state index is 10.5. The van der Waals surface area contributed by atoms with Crippen LogP contribution in [0, 0.1) is 21.4 Å². The average Bonchev–Trinajstić information content (AvgIpc) is 2.18. The third-order valence-corrected chi connectivity index (χ3v) is 2.18. The molecule has 0 aliphatic rings. The topological polar surface area (TPSA) is 66.9 Å². The lowest BCUT2D eigenvalue weighted by Crippen LogP contribution is -1.95. The predicted molar refractivity (Wildman–Crippen MR) is 55.3 cm³/mol. The van der Waals surface area contributed by atoms with Crippen LogP contribution < -0.4 is 0 Å². The van der Waals surface area contributed by atoms with E-state index < -0.39 is 4.92 Å². The van der Waals surface area contributed by atoms with Gasteiger partial charge in [0.1, 0.15) is 0 Å². The summed E-state index contributed by atoms with van der Waals surface area (Å²) in [6, 6.07) is 6.27. The quantitative estimate of drug-likeness (QED) is 0.473. The minimum atomic E-state index is -0.459. The fraction of sp³-hybridized carbons (Fsp3) is 0.222. The number of nitriles is 1. The Hall–Kier alpha value is -1.41. The van der Waals surface area contributed by atoms with Gasteiger partial charge in [-0.1, -0.05) is 15.9 Å². The van der Waals surface area contributed by atoms with E-state index in [1.165, 1.54) is 18.2 Å². The van der Waals surface area contributed by atoms with Crippen molar-refractivity contribution < 1.29 is 4.92 Å². The molecular formula is C9H7BrN2O2. The van der Waals surface area contributed by atoms with E-state index in [0.29, 0.717) is 22.9 Å². The fourth-order valence-corrected chi connectivity index (χ4v) is 1.54. The molecule has 0 radical (unpaired) electrons.